The van der Waals surface area contributed by atoms with Crippen molar-refractivity contribution < 1.29 is 23.3 Å². The number of hydrogen-bond donors (Lipinski definition) is 2. The fourth-order valence-electron chi connectivity index (χ4n) is 3.25. The van der Waals surface area contributed by atoms with Crippen molar-refractivity contribution in [1.29, 1.82) is 0 Å². The Morgan fingerprint density at radius 3 is 1.78 bits per heavy atom. The van der Waals surface area contributed by atoms with E-state index in [1.807, 2.05) is 6.92 Å². The molecule has 0 bridgehead atoms. The van der Waals surface area contributed by atoms with Crippen LogP contribution in [0.1, 0.15) is 46.0 Å². The lowest BCUT2D eigenvalue weighted by atomic mass is 10.1. The van der Waals surface area contributed by atoms with E-state index in [0.717, 1.165) is 5.75 Å². The molecule has 4 N–H and O–H groups in total. The number of aromatic nitrogens is 6. The molecule has 0 radical (unpaired) electrons. The predicted octanol–water partition coefficient (Wildman–Crippen LogP) is 2.63. The van der Waals surface area contributed by atoms with Gasteiger partial charge in [0.15, 0.2) is 16.5 Å². The lowest BCUT2D eigenvalue weighted by molar-refractivity contribution is 0.102. The SMILES string of the molecule is CCS(=O)c1ncc(C(=O)c2ncccc2OC)c(N)n1.CCSc1ncc(C(=O)c2ncccc2OC)c(N)n1. The highest BCUT2D eigenvalue weighted by Crippen LogP contribution is 2.23. The van der Waals surface area contributed by atoms with Gasteiger partial charge in [0, 0.05) is 30.5 Å². The van der Waals surface area contributed by atoms with Crippen molar-refractivity contribution in [3.63, 3.8) is 0 Å². The van der Waals surface area contributed by atoms with E-state index >= 15 is 0 Å². The van der Waals surface area contributed by atoms with E-state index in [1.54, 1.807) is 31.2 Å². The molecule has 15 heteroatoms. The average molecular weight is 597 g/mol. The van der Waals surface area contributed by atoms with Gasteiger partial charge in [0.1, 0.15) is 23.1 Å². The second kappa shape index (κ2) is 14.8. The van der Waals surface area contributed by atoms with Crippen molar-refractivity contribution in [2.45, 2.75) is 24.2 Å². The van der Waals surface area contributed by atoms with Crippen LogP contribution >= 0.6 is 11.8 Å². The van der Waals surface area contributed by atoms with Crippen LogP contribution in [0.3, 0.4) is 0 Å². The molecule has 0 aliphatic rings. The molecule has 0 saturated carbocycles. The molecule has 41 heavy (non-hydrogen) atoms. The third kappa shape index (κ3) is 7.58. The van der Waals surface area contributed by atoms with E-state index in [2.05, 4.69) is 29.9 Å². The summed E-state index contributed by atoms with van der Waals surface area (Å²) in [7, 11) is 1.60. The molecule has 4 rings (SSSR count). The molecule has 0 amide bonds. The number of pyridine rings is 2. The van der Waals surface area contributed by atoms with Crippen LogP contribution in [0.4, 0.5) is 11.6 Å². The number of methoxy groups -OCH3 is 2. The molecule has 214 valence electrons. The van der Waals surface area contributed by atoms with E-state index in [9.17, 15) is 13.8 Å². The number of nitrogens with zero attached hydrogens (tertiary/aromatic N) is 6. The number of carbonyl (C=O) groups excluding carboxylic acids is 2. The molecule has 0 aliphatic heterocycles. The van der Waals surface area contributed by atoms with Crippen LogP contribution in [0.15, 0.2) is 59.4 Å². The number of rotatable bonds is 10. The maximum Gasteiger partial charge on any atom is 0.220 e. The molecule has 4 aromatic heterocycles. The lowest BCUT2D eigenvalue weighted by Crippen LogP contribution is -2.13. The lowest BCUT2D eigenvalue weighted by Gasteiger charge is -2.08. The zero-order valence-corrected chi connectivity index (χ0v) is 24.4. The first-order valence-corrected chi connectivity index (χ1v) is 14.4. The highest BCUT2D eigenvalue weighted by atomic mass is 32.2. The van der Waals surface area contributed by atoms with Crippen molar-refractivity contribution in [2.24, 2.45) is 0 Å². The highest BCUT2D eigenvalue weighted by molar-refractivity contribution is 7.99. The van der Waals surface area contributed by atoms with Gasteiger partial charge >= 0.3 is 0 Å². The van der Waals surface area contributed by atoms with Crippen LogP contribution in [0, 0.1) is 0 Å². The molecule has 0 aromatic carbocycles. The summed E-state index contributed by atoms with van der Waals surface area (Å²) in [6, 6.07) is 6.63. The Hall–Kier alpha value is -4.50. The molecular formula is C26H28N8O5S2. The Bertz CT molecular complexity index is 1570. The molecule has 0 saturated heterocycles. The molecule has 1 unspecified atom stereocenters. The van der Waals surface area contributed by atoms with E-state index in [0.29, 0.717) is 22.4 Å². The van der Waals surface area contributed by atoms with Crippen molar-refractivity contribution in [3.8, 4) is 11.5 Å². The van der Waals surface area contributed by atoms with Gasteiger partial charge in [-0.05, 0) is 30.0 Å². The van der Waals surface area contributed by atoms with Crippen LogP contribution < -0.4 is 20.9 Å². The number of anilines is 2. The third-order valence-electron chi connectivity index (χ3n) is 5.23. The molecule has 1 atom stereocenters. The first-order chi connectivity index (χ1) is 19.7. The fourth-order valence-corrected chi connectivity index (χ4v) is 4.43. The van der Waals surface area contributed by atoms with Crippen LogP contribution in [-0.2, 0) is 10.8 Å². The second-order valence-electron chi connectivity index (χ2n) is 7.74. The third-order valence-corrected chi connectivity index (χ3v) is 7.10. The van der Waals surface area contributed by atoms with Crippen molar-refractivity contribution in [3.05, 3.63) is 71.6 Å². The van der Waals surface area contributed by atoms with Gasteiger partial charge in [-0.2, -0.15) is 0 Å². The normalized spacial score (nSPS) is 11.1. The summed E-state index contributed by atoms with van der Waals surface area (Å²) in [5, 5.41) is 0.661. The molecule has 4 heterocycles. The first-order valence-electron chi connectivity index (χ1n) is 12.1. The highest BCUT2D eigenvalue weighted by Gasteiger charge is 2.21. The molecule has 4 aromatic rings. The molecule has 13 nitrogen and oxygen atoms in total. The molecule has 0 fully saturated rings. The minimum Gasteiger partial charge on any atom is -0.494 e. The van der Waals surface area contributed by atoms with Gasteiger partial charge in [-0.25, -0.2) is 29.9 Å². The van der Waals surface area contributed by atoms with Gasteiger partial charge in [0.25, 0.3) is 0 Å². The number of thioether (sulfide) groups is 1. The number of nitrogens with two attached hydrogens (primary N) is 2. The topological polar surface area (TPSA) is 199 Å². The minimum atomic E-state index is -1.33. The van der Waals surface area contributed by atoms with Gasteiger partial charge in [0.05, 0.1) is 36.1 Å². The Balaban J connectivity index is 0.000000226. The zero-order chi connectivity index (χ0) is 29.9. The Morgan fingerprint density at radius 2 is 1.34 bits per heavy atom. The summed E-state index contributed by atoms with van der Waals surface area (Å²) in [4.78, 5) is 48.9. The monoisotopic (exact) mass is 596 g/mol. The summed E-state index contributed by atoms with van der Waals surface area (Å²) < 4.78 is 21.8. The Morgan fingerprint density at radius 1 is 0.829 bits per heavy atom. The standard InChI is InChI=1S/C13H14N4O3S.C13H14N4O2S/c1-3-21(19)13-16-7-8(12(14)17-13)11(18)10-9(20-2)5-4-6-15-10;1-3-20-13-16-7-8(12(14)17-13)11(18)10-9(19-2)5-4-6-15-10/h4-7H,3H2,1-2H3,(H2,14,16,17);4-7H,3H2,1-2H3,(H2,14,16,17). The van der Waals surface area contributed by atoms with Crippen molar-refractivity contribution >= 4 is 45.8 Å². The summed E-state index contributed by atoms with van der Waals surface area (Å²) >= 11 is 1.46. The summed E-state index contributed by atoms with van der Waals surface area (Å²) in [6.07, 6.45) is 5.69. The second-order valence-corrected chi connectivity index (χ2v) is 10.6. The Labute approximate surface area is 243 Å². The number of hydrogen-bond acceptors (Lipinski definition) is 14. The van der Waals surface area contributed by atoms with Crippen molar-refractivity contribution in [2.75, 3.05) is 37.2 Å². The largest absolute Gasteiger partial charge is 0.494 e. The predicted molar refractivity (Wildman–Crippen MR) is 155 cm³/mol. The zero-order valence-electron chi connectivity index (χ0n) is 22.7. The van der Waals surface area contributed by atoms with Crippen LogP contribution in [0.25, 0.3) is 0 Å². The summed E-state index contributed by atoms with van der Waals surface area (Å²) in [5.41, 5.74) is 12.2. The quantitative estimate of drug-likeness (QED) is 0.154. The van der Waals surface area contributed by atoms with Gasteiger partial charge in [-0.1, -0.05) is 25.6 Å². The van der Waals surface area contributed by atoms with E-state index in [1.165, 1.54) is 50.8 Å². The molecule has 0 aliphatic carbocycles. The van der Waals surface area contributed by atoms with Gasteiger partial charge < -0.3 is 20.9 Å². The number of nitrogen functional groups attached to an aromatic ring is 2. The number of ether oxygens (including phenoxy) is 2. The fraction of sp³-hybridized carbons (Fsp3) is 0.231. The van der Waals surface area contributed by atoms with E-state index in [-0.39, 0.29) is 45.1 Å². The summed E-state index contributed by atoms with van der Waals surface area (Å²) in [6.45, 7) is 3.73. The smallest absolute Gasteiger partial charge is 0.220 e. The van der Waals surface area contributed by atoms with Gasteiger partial charge in [0.2, 0.25) is 16.7 Å². The molecule has 0 spiro atoms. The Kier molecular flexibility index (Phi) is 11.2. The average Bonchev–Trinajstić information content (AvgIpc) is 3.00. The molecular weight excluding hydrogens is 568 g/mol. The number of carbonyl (C=O) groups is 2. The minimum absolute atomic E-state index is 0.0282. The van der Waals surface area contributed by atoms with E-state index in [4.69, 9.17) is 20.9 Å². The first kappa shape index (κ1) is 31.0. The van der Waals surface area contributed by atoms with E-state index < -0.39 is 16.6 Å². The van der Waals surface area contributed by atoms with Gasteiger partial charge in [-0.3, -0.25) is 13.8 Å². The summed E-state index contributed by atoms with van der Waals surface area (Å²) in [5.74, 6) is 1.26. The maximum atomic E-state index is 12.4. The van der Waals surface area contributed by atoms with Crippen LogP contribution in [0.2, 0.25) is 0 Å². The van der Waals surface area contributed by atoms with Crippen LogP contribution in [0.5, 0.6) is 11.5 Å². The van der Waals surface area contributed by atoms with Gasteiger partial charge in [-0.15, -0.1) is 0 Å². The number of ketones is 2. The van der Waals surface area contributed by atoms with Crippen molar-refractivity contribution in [1.82, 2.24) is 29.9 Å². The maximum absolute atomic E-state index is 12.4. The van der Waals surface area contributed by atoms with Crippen LogP contribution in [-0.4, -0.2) is 71.4 Å².